The van der Waals surface area contributed by atoms with Crippen LogP contribution in [-0.2, 0) is 17.6 Å². The van der Waals surface area contributed by atoms with Crippen LogP contribution in [0.1, 0.15) is 69.2 Å². The van der Waals surface area contributed by atoms with Crippen molar-refractivity contribution in [3.63, 3.8) is 0 Å². The van der Waals surface area contributed by atoms with Crippen molar-refractivity contribution in [1.82, 2.24) is 5.32 Å². The highest BCUT2D eigenvalue weighted by Gasteiger charge is 2.25. The third-order valence-corrected chi connectivity index (χ3v) is 4.55. The summed E-state index contributed by atoms with van der Waals surface area (Å²) in [6, 6.07) is 7.38. The second-order valence-electron chi connectivity index (χ2n) is 6.07. The first-order valence-electron chi connectivity index (χ1n) is 8.76. The molecule has 0 aromatic heterocycles. The first kappa shape index (κ1) is 16.5. The Kier molecular flexibility index (Phi) is 6.72. The van der Waals surface area contributed by atoms with Gasteiger partial charge in [-0.05, 0) is 61.8 Å². The molecule has 1 N–H and O–H groups in total. The van der Waals surface area contributed by atoms with Gasteiger partial charge in [-0.25, -0.2) is 0 Å². The summed E-state index contributed by atoms with van der Waals surface area (Å²) in [6.07, 6.45) is 7.42. The van der Waals surface area contributed by atoms with Crippen molar-refractivity contribution in [3.8, 4) is 0 Å². The number of hydrogen-bond acceptors (Lipinski definition) is 2. The fraction of sp³-hybridized carbons (Fsp3) is 0.684. The Morgan fingerprint density at radius 3 is 2.57 bits per heavy atom. The summed E-state index contributed by atoms with van der Waals surface area (Å²) >= 11 is 0. The lowest BCUT2D eigenvalue weighted by molar-refractivity contribution is -0.00816. The van der Waals surface area contributed by atoms with Crippen LogP contribution in [0.15, 0.2) is 18.2 Å². The van der Waals surface area contributed by atoms with Crippen LogP contribution in [0.3, 0.4) is 0 Å². The Morgan fingerprint density at radius 2 is 1.95 bits per heavy atom. The summed E-state index contributed by atoms with van der Waals surface area (Å²) in [6.45, 7) is 8.70. The third kappa shape index (κ3) is 4.31. The zero-order valence-electron chi connectivity index (χ0n) is 14.0. The van der Waals surface area contributed by atoms with Crippen LogP contribution in [0.5, 0.6) is 0 Å². The molecule has 1 aliphatic rings. The highest BCUT2D eigenvalue weighted by molar-refractivity contribution is 5.34. The van der Waals surface area contributed by atoms with Gasteiger partial charge in [0.25, 0.3) is 0 Å². The molecule has 1 saturated heterocycles. The van der Waals surface area contributed by atoms with Gasteiger partial charge in [0.2, 0.25) is 0 Å². The SMILES string of the molecule is CCCNC(c1ccc(CC)c(CC)c1)C1CCCCO1. The smallest absolute Gasteiger partial charge is 0.0769 e. The predicted octanol–water partition coefficient (Wildman–Crippen LogP) is 4.42. The first-order chi connectivity index (χ1) is 10.3. The third-order valence-electron chi connectivity index (χ3n) is 4.55. The Bertz CT molecular complexity index is 424. The quantitative estimate of drug-likeness (QED) is 0.802. The second kappa shape index (κ2) is 8.55. The molecule has 0 spiro atoms. The van der Waals surface area contributed by atoms with E-state index in [1.165, 1.54) is 36.0 Å². The molecule has 21 heavy (non-hydrogen) atoms. The lowest BCUT2D eigenvalue weighted by Crippen LogP contribution is -2.36. The zero-order valence-corrected chi connectivity index (χ0v) is 14.0. The van der Waals surface area contributed by atoms with Gasteiger partial charge in [-0.1, -0.05) is 39.0 Å². The highest BCUT2D eigenvalue weighted by atomic mass is 16.5. The maximum Gasteiger partial charge on any atom is 0.0769 e. The number of benzene rings is 1. The van der Waals surface area contributed by atoms with E-state index in [-0.39, 0.29) is 0 Å². The molecule has 1 aromatic rings. The van der Waals surface area contributed by atoms with Crippen molar-refractivity contribution in [2.75, 3.05) is 13.2 Å². The van der Waals surface area contributed by atoms with E-state index in [0.29, 0.717) is 12.1 Å². The van der Waals surface area contributed by atoms with E-state index in [9.17, 15) is 0 Å². The minimum Gasteiger partial charge on any atom is -0.376 e. The molecular weight excluding hydrogens is 258 g/mol. The first-order valence-corrected chi connectivity index (χ1v) is 8.76. The van der Waals surface area contributed by atoms with E-state index in [0.717, 1.165) is 32.4 Å². The molecule has 0 bridgehead atoms. The summed E-state index contributed by atoms with van der Waals surface area (Å²) in [4.78, 5) is 0. The summed E-state index contributed by atoms with van der Waals surface area (Å²) in [5.74, 6) is 0. The molecular formula is C19H31NO. The van der Waals surface area contributed by atoms with E-state index in [1.807, 2.05) is 0 Å². The number of rotatable bonds is 7. The number of ether oxygens (including phenoxy) is 1. The van der Waals surface area contributed by atoms with E-state index in [2.05, 4.69) is 44.3 Å². The molecule has 1 fully saturated rings. The fourth-order valence-electron chi connectivity index (χ4n) is 3.31. The number of nitrogens with one attached hydrogen (secondary N) is 1. The number of hydrogen-bond donors (Lipinski definition) is 1. The van der Waals surface area contributed by atoms with Gasteiger partial charge in [0.1, 0.15) is 0 Å². The van der Waals surface area contributed by atoms with Crippen LogP contribution in [0.25, 0.3) is 0 Å². The molecule has 0 aliphatic carbocycles. The maximum atomic E-state index is 6.06. The lowest BCUT2D eigenvalue weighted by Gasteiger charge is -2.32. The van der Waals surface area contributed by atoms with Crippen LogP contribution < -0.4 is 5.32 Å². The minimum absolute atomic E-state index is 0.336. The lowest BCUT2D eigenvalue weighted by atomic mass is 9.91. The van der Waals surface area contributed by atoms with Gasteiger partial charge < -0.3 is 10.1 Å². The summed E-state index contributed by atoms with van der Waals surface area (Å²) in [7, 11) is 0. The van der Waals surface area contributed by atoms with Gasteiger partial charge in [-0.2, -0.15) is 0 Å². The highest BCUT2D eigenvalue weighted by Crippen LogP contribution is 2.28. The molecule has 0 saturated carbocycles. The Morgan fingerprint density at radius 1 is 1.14 bits per heavy atom. The van der Waals surface area contributed by atoms with E-state index in [1.54, 1.807) is 0 Å². The van der Waals surface area contributed by atoms with Crippen molar-refractivity contribution >= 4 is 0 Å². The topological polar surface area (TPSA) is 21.3 Å². The maximum absolute atomic E-state index is 6.06. The van der Waals surface area contributed by atoms with Crippen LogP contribution in [0, 0.1) is 0 Å². The minimum atomic E-state index is 0.336. The molecule has 1 aromatic carbocycles. The Hall–Kier alpha value is -0.860. The van der Waals surface area contributed by atoms with Gasteiger partial charge in [-0.3, -0.25) is 0 Å². The zero-order chi connectivity index (χ0) is 15.1. The Balaban J connectivity index is 2.22. The van der Waals surface area contributed by atoms with Gasteiger partial charge in [0.05, 0.1) is 12.1 Å². The average Bonchev–Trinajstić information content (AvgIpc) is 2.56. The van der Waals surface area contributed by atoms with Crippen molar-refractivity contribution in [2.24, 2.45) is 0 Å². The molecule has 0 radical (unpaired) electrons. The van der Waals surface area contributed by atoms with Crippen LogP contribution in [0.4, 0.5) is 0 Å². The fourth-order valence-corrected chi connectivity index (χ4v) is 3.31. The van der Waals surface area contributed by atoms with Crippen LogP contribution >= 0.6 is 0 Å². The Labute approximate surface area is 130 Å². The summed E-state index contributed by atoms with van der Waals surface area (Å²) in [5, 5.41) is 3.72. The van der Waals surface area contributed by atoms with Crippen molar-refractivity contribution in [3.05, 3.63) is 34.9 Å². The van der Waals surface area contributed by atoms with Gasteiger partial charge in [0.15, 0.2) is 0 Å². The molecule has 118 valence electrons. The molecule has 2 rings (SSSR count). The van der Waals surface area contributed by atoms with Crippen LogP contribution in [-0.4, -0.2) is 19.3 Å². The molecule has 2 unspecified atom stereocenters. The van der Waals surface area contributed by atoms with Crippen molar-refractivity contribution < 1.29 is 4.74 Å². The molecule has 0 amide bonds. The van der Waals surface area contributed by atoms with E-state index >= 15 is 0 Å². The summed E-state index contributed by atoms with van der Waals surface area (Å²) in [5.41, 5.74) is 4.39. The number of aryl methyl sites for hydroxylation is 2. The average molecular weight is 289 g/mol. The monoisotopic (exact) mass is 289 g/mol. The molecule has 1 heterocycles. The normalized spacial score (nSPS) is 20.4. The summed E-state index contributed by atoms with van der Waals surface area (Å²) < 4.78 is 6.06. The van der Waals surface area contributed by atoms with Crippen molar-refractivity contribution in [2.45, 2.75) is 71.4 Å². The van der Waals surface area contributed by atoms with E-state index in [4.69, 9.17) is 4.74 Å². The van der Waals surface area contributed by atoms with E-state index < -0.39 is 0 Å². The molecule has 1 aliphatic heterocycles. The van der Waals surface area contributed by atoms with Gasteiger partial charge >= 0.3 is 0 Å². The molecule has 2 nitrogen and oxygen atoms in total. The largest absolute Gasteiger partial charge is 0.376 e. The standard InChI is InChI=1S/C19H31NO/c1-4-12-20-19(18-9-7-8-13-21-18)17-11-10-15(5-2)16(6-3)14-17/h10-11,14,18-20H,4-9,12-13H2,1-3H3. The molecule has 2 heteroatoms. The second-order valence-corrected chi connectivity index (χ2v) is 6.07. The van der Waals surface area contributed by atoms with Gasteiger partial charge in [0, 0.05) is 6.61 Å². The van der Waals surface area contributed by atoms with Gasteiger partial charge in [-0.15, -0.1) is 0 Å². The predicted molar refractivity (Wildman–Crippen MR) is 89.8 cm³/mol. The van der Waals surface area contributed by atoms with Crippen molar-refractivity contribution in [1.29, 1.82) is 0 Å². The van der Waals surface area contributed by atoms with Crippen LogP contribution in [0.2, 0.25) is 0 Å². The molecule has 2 atom stereocenters.